The SMILES string of the molecule is O=C(O)C(F)(F)F.O=C(O)C(F)(F)F.c1ccc(-c2nc3c([nH]2)-c2ccncc2Nc2ncccc2-3)cc1. The van der Waals surface area contributed by atoms with Crippen molar-refractivity contribution in [2.24, 2.45) is 0 Å². The molecule has 9 nitrogen and oxygen atoms in total. The Bertz CT molecular complexity index is 1350. The van der Waals surface area contributed by atoms with Gasteiger partial charge in [-0.05, 0) is 18.2 Å². The average molecular weight is 539 g/mol. The van der Waals surface area contributed by atoms with Crippen LogP contribution in [0.2, 0.25) is 0 Å². The number of H-pyrrole nitrogens is 1. The number of halogens is 6. The molecule has 0 amide bonds. The minimum absolute atomic E-state index is 0.789. The first kappa shape index (κ1) is 27.6. The van der Waals surface area contributed by atoms with E-state index in [1.165, 1.54) is 0 Å². The lowest BCUT2D eigenvalue weighted by molar-refractivity contribution is -0.193. The van der Waals surface area contributed by atoms with Crippen LogP contribution in [0.3, 0.4) is 0 Å². The topological polar surface area (TPSA) is 141 Å². The normalized spacial score (nSPS) is 11.5. The second kappa shape index (κ2) is 11.0. The maximum atomic E-state index is 10.6. The number of anilines is 2. The average Bonchev–Trinajstić information content (AvgIpc) is 3.25. The molecule has 0 saturated heterocycles. The highest BCUT2D eigenvalue weighted by molar-refractivity contribution is 5.95. The van der Waals surface area contributed by atoms with E-state index in [4.69, 9.17) is 24.8 Å². The van der Waals surface area contributed by atoms with E-state index in [1.54, 1.807) is 12.4 Å². The molecule has 4 heterocycles. The molecule has 0 aliphatic carbocycles. The standard InChI is InChI=1S/C19H13N5.2C2HF3O2/c1-2-5-12(6-3-1)18-23-16-13-8-10-20-11-15(13)22-19-14(17(16)24-18)7-4-9-21-19;2*3-2(4,5)1(6)7/h1-11H,(H,21,22)(H,23,24);2*(H,6,7). The van der Waals surface area contributed by atoms with Crippen molar-refractivity contribution in [2.45, 2.75) is 12.4 Å². The van der Waals surface area contributed by atoms with Crippen molar-refractivity contribution in [1.29, 1.82) is 0 Å². The molecule has 38 heavy (non-hydrogen) atoms. The quantitative estimate of drug-likeness (QED) is 0.204. The van der Waals surface area contributed by atoms with Crippen LogP contribution in [0.4, 0.5) is 37.8 Å². The number of nitrogens with one attached hydrogen (secondary N) is 2. The smallest absolute Gasteiger partial charge is 0.475 e. The summed E-state index contributed by atoms with van der Waals surface area (Å²) in [6, 6.07) is 16.1. The van der Waals surface area contributed by atoms with Gasteiger partial charge in [0.25, 0.3) is 0 Å². The first-order chi connectivity index (χ1) is 17.8. The van der Waals surface area contributed by atoms with Crippen LogP contribution in [-0.4, -0.2) is 54.4 Å². The van der Waals surface area contributed by atoms with Crippen molar-refractivity contribution in [1.82, 2.24) is 19.9 Å². The Morgan fingerprint density at radius 3 is 1.97 bits per heavy atom. The van der Waals surface area contributed by atoms with Gasteiger partial charge in [-0.1, -0.05) is 30.3 Å². The van der Waals surface area contributed by atoms with Crippen LogP contribution in [0.25, 0.3) is 33.9 Å². The van der Waals surface area contributed by atoms with E-state index in [1.807, 2.05) is 54.7 Å². The van der Waals surface area contributed by atoms with Crippen molar-refractivity contribution in [3.05, 3.63) is 67.1 Å². The van der Waals surface area contributed by atoms with Gasteiger partial charge in [-0.3, -0.25) is 4.98 Å². The number of nitrogens with zero attached hydrogens (tertiary/aromatic N) is 3. The second-order valence-corrected chi connectivity index (χ2v) is 7.23. The third-order valence-corrected chi connectivity index (χ3v) is 4.64. The molecule has 1 aromatic carbocycles. The molecule has 4 aromatic rings. The number of carboxylic acids is 2. The van der Waals surface area contributed by atoms with Gasteiger partial charge in [0.1, 0.15) is 17.3 Å². The summed E-state index contributed by atoms with van der Waals surface area (Å²) in [4.78, 5) is 34.8. The highest BCUT2D eigenvalue weighted by atomic mass is 19.4. The predicted octanol–water partition coefficient (Wildman–Crippen LogP) is 5.52. The van der Waals surface area contributed by atoms with Gasteiger partial charge in [0, 0.05) is 29.1 Å². The maximum absolute atomic E-state index is 10.6. The van der Waals surface area contributed by atoms with Gasteiger partial charge < -0.3 is 20.5 Å². The van der Waals surface area contributed by atoms with Crippen molar-refractivity contribution >= 4 is 23.4 Å². The van der Waals surface area contributed by atoms with Crippen LogP contribution in [0, 0.1) is 0 Å². The predicted molar refractivity (Wildman–Crippen MR) is 121 cm³/mol. The number of rotatable bonds is 1. The summed E-state index contributed by atoms with van der Waals surface area (Å²) in [5.41, 5.74) is 5.86. The van der Waals surface area contributed by atoms with Gasteiger partial charge in [0.2, 0.25) is 0 Å². The molecular formula is C23H15F6N5O4. The number of carbonyl (C=O) groups is 2. The monoisotopic (exact) mass is 539 g/mol. The lowest BCUT2D eigenvalue weighted by Gasteiger charge is -2.07. The third-order valence-electron chi connectivity index (χ3n) is 4.64. The van der Waals surface area contributed by atoms with Crippen molar-refractivity contribution in [3.63, 3.8) is 0 Å². The zero-order valence-corrected chi connectivity index (χ0v) is 18.7. The zero-order valence-electron chi connectivity index (χ0n) is 18.7. The van der Waals surface area contributed by atoms with E-state index in [0.29, 0.717) is 0 Å². The van der Waals surface area contributed by atoms with Crippen molar-refractivity contribution in [2.75, 3.05) is 5.32 Å². The molecule has 0 spiro atoms. The fraction of sp³-hybridized carbons (Fsp3) is 0.0870. The largest absolute Gasteiger partial charge is 0.490 e. The number of hydrogen-bond acceptors (Lipinski definition) is 6. The minimum atomic E-state index is -5.08. The summed E-state index contributed by atoms with van der Waals surface area (Å²) in [6.07, 6.45) is -4.79. The second-order valence-electron chi connectivity index (χ2n) is 7.23. The Morgan fingerprint density at radius 2 is 1.39 bits per heavy atom. The van der Waals surface area contributed by atoms with Crippen molar-refractivity contribution in [3.8, 4) is 33.9 Å². The summed E-state index contributed by atoms with van der Waals surface area (Å²) in [7, 11) is 0. The lowest BCUT2D eigenvalue weighted by atomic mass is 10.1. The van der Waals surface area contributed by atoms with Crippen LogP contribution < -0.4 is 5.32 Å². The molecule has 5 rings (SSSR count). The molecule has 0 atom stereocenters. The Morgan fingerprint density at radius 1 is 0.789 bits per heavy atom. The van der Waals surface area contributed by atoms with Gasteiger partial charge in [-0.25, -0.2) is 19.6 Å². The molecule has 198 valence electrons. The molecule has 15 heteroatoms. The summed E-state index contributed by atoms with van der Waals surface area (Å²) in [6.45, 7) is 0. The fourth-order valence-corrected chi connectivity index (χ4v) is 3.03. The molecule has 4 N–H and O–H groups in total. The number of aromatic amines is 1. The first-order valence-corrected chi connectivity index (χ1v) is 10.2. The Balaban J connectivity index is 0.000000239. The lowest BCUT2D eigenvalue weighted by Crippen LogP contribution is -2.21. The van der Waals surface area contributed by atoms with Crippen LogP contribution in [0.1, 0.15) is 0 Å². The molecule has 1 aliphatic rings. The summed E-state index contributed by atoms with van der Waals surface area (Å²) in [5.74, 6) is -3.88. The number of fused-ring (bicyclic) bond motifs is 5. The molecule has 0 saturated carbocycles. The van der Waals surface area contributed by atoms with Crippen LogP contribution in [0.15, 0.2) is 67.1 Å². The van der Waals surface area contributed by atoms with Crippen LogP contribution in [0.5, 0.6) is 0 Å². The van der Waals surface area contributed by atoms with Gasteiger partial charge in [0.15, 0.2) is 0 Å². The molecule has 0 radical (unpaired) electrons. The van der Waals surface area contributed by atoms with Gasteiger partial charge in [-0.2, -0.15) is 26.3 Å². The van der Waals surface area contributed by atoms with E-state index in [2.05, 4.69) is 20.3 Å². The number of pyridine rings is 2. The van der Waals surface area contributed by atoms with Crippen molar-refractivity contribution < 1.29 is 46.1 Å². The molecular weight excluding hydrogens is 524 g/mol. The van der Waals surface area contributed by atoms with E-state index < -0.39 is 24.3 Å². The third kappa shape index (κ3) is 6.63. The molecule has 1 aliphatic heterocycles. The number of aliphatic carboxylic acids is 2. The molecule has 3 aromatic heterocycles. The fourth-order valence-electron chi connectivity index (χ4n) is 3.03. The first-order valence-electron chi connectivity index (χ1n) is 10.2. The van der Waals surface area contributed by atoms with Gasteiger partial charge in [-0.15, -0.1) is 0 Å². The summed E-state index contributed by atoms with van der Waals surface area (Å²) >= 11 is 0. The number of alkyl halides is 6. The molecule has 0 fully saturated rings. The molecule has 0 bridgehead atoms. The number of hydrogen-bond donors (Lipinski definition) is 4. The number of benzene rings is 1. The van der Waals surface area contributed by atoms with E-state index in [0.717, 1.165) is 45.4 Å². The van der Waals surface area contributed by atoms with Gasteiger partial charge in [0.05, 0.1) is 17.6 Å². The number of carboxylic acid groups (broad SMARTS) is 2. The van der Waals surface area contributed by atoms with Gasteiger partial charge >= 0.3 is 24.3 Å². The van der Waals surface area contributed by atoms with E-state index in [-0.39, 0.29) is 0 Å². The van der Waals surface area contributed by atoms with Crippen LogP contribution in [-0.2, 0) is 9.59 Å². The highest BCUT2D eigenvalue weighted by Gasteiger charge is 2.38. The Kier molecular flexibility index (Phi) is 7.98. The van der Waals surface area contributed by atoms with Crippen LogP contribution >= 0.6 is 0 Å². The highest BCUT2D eigenvalue weighted by Crippen LogP contribution is 2.42. The minimum Gasteiger partial charge on any atom is -0.475 e. The van der Waals surface area contributed by atoms with E-state index in [9.17, 15) is 26.3 Å². The maximum Gasteiger partial charge on any atom is 0.490 e. The summed E-state index contributed by atoms with van der Waals surface area (Å²) < 4.78 is 63.5. The zero-order chi connectivity index (χ0) is 28.1. The Hall–Kier alpha value is -4.95. The number of aromatic nitrogens is 4. The van der Waals surface area contributed by atoms with E-state index >= 15 is 0 Å². The summed E-state index contributed by atoms with van der Waals surface area (Å²) in [5, 5.41) is 17.6. The molecule has 0 unspecified atom stereocenters. The Labute approximate surface area is 208 Å². The number of imidazole rings is 1.